The van der Waals surface area contributed by atoms with Gasteiger partial charge in [0.15, 0.2) is 0 Å². The van der Waals surface area contributed by atoms with Crippen LogP contribution in [0, 0.1) is 0 Å². The molecule has 0 aromatic heterocycles. The van der Waals surface area contributed by atoms with E-state index in [1.54, 1.807) is 0 Å². The molecule has 23 valence electrons. The van der Waals surface area contributed by atoms with Crippen molar-refractivity contribution in [1.29, 1.82) is 0 Å². The molecule has 4 heavy (non-hydrogen) atoms. The quantitative estimate of drug-likeness (QED) is 0.508. The molecule has 3 N–H and O–H groups in total. The first-order valence-corrected chi connectivity index (χ1v) is 0. The maximum Gasteiger partial charge on any atom is 0 e. The number of hydrogen-bond donors (Lipinski definition) is 1. The topological polar surface area (TPSA) is 35.0 Å². The van der Waals surface area contributed by atoms with E-state index in [0.29, 0.717) is 0 Å². The van der Waals surface area contributed by atoms with Crippen LogP contribution in [-0.4, -0.2) is 8.41 Å². The zero-order valence-corrected chi connectivity index (χ0v) is 5.38. The summed E-state index contributed by atoms with van der Waals surface area (Å²) in [6, 6.07) is 0. The van der Waals surface area contributed by atoms with Crippen molar-refractivity contribution in [3.05, 3.63) is 0 Å². The Morgan fingerprint density at radius 3 is 1.00 bits per heavy atom. The zero-order chi connectivity index (χ0) is 0. The molecule has 0 spiro atoms. The Morgan fingerprint density at radius 1 is 1.00 bits per heavy atom. The molecule has 0 heterocycles. The summed E-state index contributed by atoms with van der Waals surface area (Å²) in [7, 11) is 0. The third-order valence-corrected chi connectivity index (χ3v) is 0. The van der Waals surface area contributed by atoms with E-state index in [2.05, 4.69) is 0 Å². The van der Waals surface area contributed by atoms with Crippen molar-refractivity contribution < 1.29 is 38.4 Å². The van der Waals surface area contributed by atoms with Gasteiger partial charge in [0.05, 0.1) is 0 Å². The summed E-state index contributed by atoms with van der Waals surface area (Å²) in [5, 5.41) is 0. The van der Waals surface area contributed by atoms with Gasteiger partial charge in [-0.25, -0.2) is 0 Å². The summed E-state index contributed by atoms with van der Waals surface area (Å²) >= 11 is 0. The van der Waals surface area contributed by atoms with Crippen LogP contribution in [0.25, 0.3) is 0 Å². The number of hydrogen-bond acceptors (Lipinski definition) is 1. The molecule has 0 saturated carbocycles. The van der Waals surface area contributed by atoms with Gasteiger partial charge >= 0.3 is 0 Å². The Morgan fingerprint density at radius 2 is 1.00 bits per heavy atom. The van der Waals surface area contributed by atoms with Gasteiger partial charge in [0.25, 0.3) is 0 Å². The van der Waals surface area contributed by atoms with Gasteiger partial charge in [-0.3, -0.25) is 0 Å². The van der Waals surface area contributed by atoms with E-state index in [1.807, 2.05) is 0 Å². The van der Waals surface area contributed by atoms with E-state index in [4.69, 9.17) is 0 Å². The second-order valence-electron chi connectivity index (χ2n) is 0. The van der Waals surface area contributed by atoms with Crippen LogP contribution in [0.4, 0.5) is 0 Å². The van der Waals surface area contributed by atoms with Crippen molar-refractivity contribution >= 4 is 8.41 Å². The third kappa shape index (κ3) is 10.5. The SMILES string of the molecule is N.[B].[Cr].[Mo]. The summed E-state index contributed by atoms with van der Waals surface area (Å²) in [4.78, 5) is 0. The van der Waals surface area contributed by atoms with Crippen molar-refractivity contribution in [3.63, 3.8) is 0 Å². The van der Waals surface area contributed by atoms with Gasteiger partial charge in [0, 0.05) is 46.8 Å². The standard InChI is InChI=1S/B.Cr.Mo.H3N/h;;;1H3. The first kappa shape index (κ1) is 60.9. The van der Waals surface area contributed by atoms with Gasteiger partial charge in [-0.15, -0.1) is 0 Å². The van der Waals surface area contributed by atoms with Gasteiger partial charge in [-0.1, -0.05) is 0 Å². The van der Waals surface area contributed by atoms with Crippen LogP contribution < -0.4 is 6.15 Å². The molecule has 0 atom stereocenters. The molecule has 4 heteroatoms. The molecule has 0 rings (SSSR count). The Kier molecular flexibility index (Phi) is 439. The van der Waals surface area contributed by atoms with Crippen LogP contribution in [0.3, 0.4) is 0 Å². The van der Waals surface area contributed by atoms with Gasteiger partial charge in [0.1, 0.15) is 0 Å². The van der Waals surface area contributed by atoms with Crippen molar-refractivity contribution in [1.82, 2.24) is 6.15 Å². The molecule has 0 aromatic carbocycles. The Labute approximate surface area is 53.1 Å². The van der Waals surface area contributed by atoms with Crippen LogP contribution in [0.1, 0.15) is 0 Å². The molecule has 0 saturated heterocycles. The van der Waals surface area contributed by atoms with E-state index < -0.39 is 0 Å². The minimum atomic E-state index is 0. The smallest absolute Gasteiger partial charge is 0 e. The van der Waals surface area contributed by atoms with Crippen LogP contribution in [0.2, 0.25) is 0 Å². The fourth-order valence-electron chi connectivity index (χ4n) is 0. The maximum atomic E-state index is 0. The molecule has 0 amide bonds. The fourth-order valence-corrected chi connectivity index (χ4v) is 0. The molecule has 0 unspecified atom stereocenters. The molecule has 0 fully saturated rings. The van der Waals surface area contributed by atoms with Gasteiger partial charge < -0.3 is 6.15 Å². The predicted molar refractivity (Wildman–Crippen MR) is 10.8 cm³/mol. The molecule has 0 aliphatic carbocycles. The van der Waals surface area contributed by atoms with Crippen LogP contribution in [0.15, 0.2) is 0 Å². The first-order chi connectivity index (χ1) is 0. The Hall–Kier alpha value is 1.25. The molecule has 0 aromatic rings. The molecular weight excluding hydrogens is 173 g/mol. The minimum Gasteiger partial charge on any atom is -0.344 e. The van der Waals surface area contributed by atoms with Crippen LogP contribution in [0.5, 0.6) is 0 Å². The van der Waals surface area contributed by atoms with E-state index in [-0.39, 0.29) is 53.0 Å². The van der Waals surface area contributed by atoms with Crippen molar-refractivity contribution in [2.24, 2.45) is 0 Å². The van der Waals surface area contributed by atoms with E-state index in [0.717, 1.165) is 0 Å². The Bertz CT molecular complexity index is 8.00. The normalized spacial score (nSPS) is 0. The molecule has 0 aliphatic heterocycles. The predicted octanol–water partition coefficient (Wildman–Crippen LogP) is -0.224. The molecule has 0 aliphatic rings. The van der Waals surface area contributed by atoms with Crippen molar-refractivity contribution in [3.8, 4) is 0 Å². The Balaban J connectivity index is 0. The second-order valence-corrected chi connectivity index (χ2v) is 0. The molecule has 3 radical (unpaired) electrons. The first-order valence-electron chi connectivity index (χ1n) is 0. The van der Waals surface area contributed by atoms with Gasteiger partial charge in [-0.05, 0) is 0 Å². The van der Waals surface area contributed by atoms with Crippen LogP contribution >= 0.6 is 0 Å². The molecule has 0 bridgehead atoms. The maximum absolute atomic E-state index is 0. The average molecular weight is 176 g/mol. The van der Waals surface area contributed by atoms with Gasteiger partial charge in [-0.2, -0.15) is 0 Å². The summed E-state index contributed by atoms with van der Waals surface area (Å²) in [5.41, 5.74) is 0. The third-order valence-electron chi connectivity index (χ3n) is 0. The summed E-state index contributed by atoms with van der Waals surface area (Å²) in [6.07, 6.45) is 0. The minimum absolute atomic E-state index is 0. The van der Waals surface area contributed by atoms with Crippen molar-refractivity contribution in [2.75, 3.05) is 0 Å². The van der Waals surface area contributed by atoms with Crippen LogP contribution in [-0.2, 0) is 38.4 Å². The fraction of sp³-hybridized carbons (Fsp3) is 0. The summed E-state index contributed by atoms with van der Waals surface area (Å²) in [6.45, 7) is 0. The summed E-state index contributed by atoms with van der Waals surface area (Å²) in [5.74, 6) is 0. The van der Waals surface area contributed by atoms with E-state index in [9.17, 15) is 0 Å². The average Bonchev–Trinajstić information content (AvgIpc) is 0. The van der Waals surface area contributed by atoms with E-state index in [1.165, 1.54) is 0 Å². The zero-order valence-electron chi connectivity index (χ0n) is 2.10. The number of rotatable bonds is 0. The molecule has 1 nitrogen and oxygen atoms in total. The van der Waals surface area contributed by atoms with Gasteiger partial charge in [0.2, 0.25) is 0 Å². The largest absolute Gasteiger partial charge is 0.344 e. The summed E-state index contributed by atoms with van der Waals surface area (Å²) < 4.78 is 0. The second kappa shape index (κ2) is 28.8. The monoisotopic (exact) mass is 178 g/mol. The van der Waals surface area contributed by atoms with Crippen molar-refractivity contribution in [2.45, 2.75) is 0 Å². The molecular formula is H3BCrMoN. The van der Waals surface area contributed by atoms with E-state index >= 15 is 0 Å².